The van der Waals surface area contributed by atoms with Crippen LogP contribution in [-0.4, -0.2) is 66.8 Å². The molecule has 2 aliphatic rings. The molecule has 0 bridgehead atoms. The summed E-state index contributed by atoms with van der Waals surface area (Å²) in [6.07, 6.45) is 3.33. The predicted octanol–water partition coefficient (Wildman–Crippen LogP) is 4.84. The van der Waals surface area contributed by atoms with E-state index in [1.54, 1.807) is 19.2 Å². The van der Waals surface area contributed by atoms with Crippen LogP contribution in [0.3, 0.4) is 0 Å². The number of anilines is 1. The average molecular weight is 613 g/mol. The van der Waals surface area contributed by atoms with E-state index in [0.29, 0.717) is 30.2 Å². The van der Waals surface area contributed by atoms with Crippen LogP contribution in [0.25, 0.3) is 10.9 Å². The average Bonchev–Trinajstić information content (AvgIpc) is 3.80. The molecule has 2 atom stereocenters. The first-order valence-corrected chi connectivity index (χ1v) is 15.1. The number of esters is 1. The minimum absolute atomic E-state index is 0.0463. The number of hydrogen-bond acceptors (Lipinski definition) is 7. The number of hydrogen-bond donors (Lipinski definition) is 1. The first kappa shape index (κ1) is 30.8. The van der Waals surface area contributed by atoms with Gasteiger partial charge in [-0.3, -0.25) is 19.3 Å². The minimum atomic E-state index is -0.601. The molecule has 230 valence electrons. The number of aromatic nitrogens is 1. The number of carbonyl (C=O) groups excluding carboxylic acids is 2. The van der Waals surface area contributed by atoms with Gasteiger partial charge in [0.2, 0.25) is 5.43 Å². The van der Waals surface area contributed by atoms with Gasteiger partial charge in [-0.15, -0.1) is 0 Å². The lowest BCUT2D eigenvalue weighted by Crippen LogP contribution is -2.58. The summed E-state index contributed by atoms with van der Waals surface area (Å²) in [6, 6.07) is 6.55. The van der Waals surface area contributed by atoms with Crippen LogP contribution in [0, 0.1) is 12.7 Å². The molecule has 1 N–H and O–H groups in total. The van der Waals surface area contributed by atoms with Crippen LogP contribution in [-0.2, 0) is 16.1 Å². The quantitative estimate of drug-likeness (QED) is 0.346. The zero-order valence-electron chi connectivity index (χ0n) is 25.2. The van der Waals surface area contributed by atoms with Crippen LogP contribution in [0.2, 0.25) is 5.02 Å². The summed E-state index contributed by atoms with van der Waals surface area (Å²) in [4.78, 5) is 43.2. The number of ether oxygens (including phenoxy) is 2. The maximum absolute atomic E-state index is 16.1. The van der Waals surface area contributed by atoms with E-state index in [4.69, 9.17) is 21.1 Å². The van der Waals surface area contributed by atoms with Gasteiger partial charge in [0.15, 0.2) is 11.6 Å². The summed E-state index contributed by atoms with van der Waals surface area (Å²) in [5, 5.41) is 3.55. The second kappa shape index (κ2) is 12.5. The molecule has 0 radical (unpaired) electrons. The van der Waals surface area contributed by atoms with E-state index in [-0.39, 0.29) is 59.6 Å². The molecule has 2 fully saturated rings. The number of benzene rings is 2. The Hall–Kier alpha value is -3.63. The van der Waals surface area contributed by atoms with Gasteiger partial charge in [-0.2, -0.15) is 0 Å². The lowest BCUT2D eigenvalue weighted by molar-refractivity contribution is -0.145. The van der Waals surface area contributed by atoms with Crippen molar-refractivity contribution in [1.82, 2.24) is 14.8 Å². The van der Waals surface area contributed by atoms with E-state index in [2.05, 4.69) is 10.2 Å². The fourth-order valence-electron chi connectivity index (χ4n) is 6.07. The van der Waals surface area contributed by atoms with Gasteiger partial charge >= 0.3 is 5.97 Å². The maximum atomic E-state index is 16.1. The van der Waals surface area contributed by atoms with E-state index in [9.17, 15) is 14.4 Å². The molecule has 1 aliphatic carbocycles. The molecule has 5 rings (SSSR count). The summed E-state index contributed by atoms with van der Waals surface area (Å²) in [5.41, 5.74) is 1.95. The summed E-state index contributed by atoms with van der Waals surface area (Å²) >= 11 is 6.06. The Kier molecular flexibility index (Phi) is 8.99. The van der Waals surface area contributed by atoms with Crippen LogP contribution < -0.4 is 20.4 Å². The Morgan fingerprint density at radius 2 is 1.84 bits per heavy atom. The number of aryl methyl sites for hydroxylation is 1. The van der Waals surface area contributed by atoms with Crippen molar-refractivity contribution >= 4 is 40.1 Å². The first-order chi connectivity index (χ1) is 20.5. The number of amides is 1. The summed E-state index contributed by atoms with van der Waals surface area (Å²) in [5.74, 6) is -1.16. The molecule has 9 nitrogen and oxygen atoms in total. The van der Waals surface area contributed by atoms with E-state index in [1.807, 2.05) is 42.4 Å². The normalized spacial score (nSPS) is 19.0. The summed E-state index contributed by atoms with van der Waals surface area (Å²) < 4.78 is 28.9. The van der Waals surface area contributed by atoms with Crippen LogP contribution in [0.5, 0.6) is 5.75 Å². The molecule has 1 saturated carbocycles. The third kappa shape index (κ3) is 6.21. The van der Waals surface area contributed by atoms with Gasteiger partial charge in [0, 0.05) is 49.0 Å². The van der Waals surface area contributed by atoms with Gasteiger partial charge in [0.1, 0.15) is 11.3 Å². The van der Waals surface area contributed by atoms with Crippen molar-refractivity contribution in [3.63, 3.8) is 0 Å². The van der Waals surface area contributed by atoms with Gasteiger partial charge in [-0.25, -0.2) is 4.39 Å². The van der Waals surface area contributed by atoms with Crippen molar-refractivity contribution < 1.29 is 23.5 Å². The topological polar surface area (TPSA) is 93.1 Å². The number of halogens is 2. The number of piperazine rings is 1. The van der Waals surface area contributed by atoms with Crippen molar-refractivity contribution in [2.24, 2.45) is 0 Å². The van der Waals surface area contributed by atoms with Gasteiger partial charge in [-0.1, -0.05) is 17.7 Å². The molecule has 2 aromatic carbocycles. The van der Waals surface area contributed by atoms with Gasteiger partial charge < -0.3 is 24.3 Å². The highest BCUT2D eigenvalue weighted by Gasteiger charge is 2.36. The summed E-state index contributed by atoms with van der Waals surface area (Å²) in [7, 11) is 1.47. The summed E-state index contributed by atoms with van der Waals surface area (Å²) in [6.45, 7) is 9.24. The Morgan fingerprint density at radius 1 is 1.14 bits per heavy atom. The zero-order chi connectivity index (χ0) is 31.0. The molecule has 1 saturated heterocycles. The van der Waals surface area contributed by atoms with E-state index in [1.165, 1.54) is 13.2 Å². The fourth-order valence-corrected chi connectivity index (χ4v) is 6.30. The van der Waals surface area contributed by atoms with Gasteiger partial charge in [0.05, 0.1) is 31.2 Å². The highest BCUT2D eigenvalue weighted by molar-refractivity contribution is 6.30. The number of pyridine rings is 1. The molecule has 1 aromatic heterocycles. The van der Waals surface area contributed by atoms with E-state index < -0.39 is 17.2 Å². The lowest BCUT2D eigenvalue weighted by Gasteiger charge is -2.45. The highest BCUT2D eigenvalue weighted by Crippen LogP contribution is 2.44. The van der Waals surface area contributed by atoms with E-state index in [0.717, 1.165) is 24.0 Å². The van der Waals surface area contributed by atoms with Crippen LogP contribution in [0.15, 0.2) is 35.3 Å². The molecule has 3 aromatic rings. The molecule has 0 unspecified atom stereocenters. The Labute approximate surface area is 255 Å². The van der Waals surface area contributed by atoms with Crippen molar-refractivity contribution in [1.29, 1.82) is 0 Å². The maximum Gasteiger partial charge on any atom is 0.320 e. The number of carbonyl (C=O) groups is 2. The SMILES string of the molecule is CCOC(=O)CN1[C@H](C)CN(c2c(F)cc3c(=O)c(C(=O)NCc4ccc(Cl)cc4C)cn(C4CC4)c3c2OC)C[C@@H]1C. The number of fused-ring (bicyclic) bond motifs is 1. The minimum Gasteiger partial charge on any atom is -0.492 e. The van der Waals surface area contributed by atoms with Crippen LogP contribution >= 0.6 is 11.6 Å². The van der Waals surface area contributed by atoms with Gasteiger partial charge in [-0.05, 0) is 69.9 Å². The van der Waals surface area contributed by atoms with Crippen molar-refractivity contribution in [3.8, 4) is 5.75 Å². The molecule has 11 heteroatoms. The largest absolute Gasteiger partial charge is 0.492 e. The molecule has 1 aliphatic heterocycles. The Balaban J connectivity index is 1.51. The van der Waals surface area contributed by atoms with Gasteiger partial charge in [0.25, 0.3) is 5.91 Å². The second-order valence-corrected chi connectivity index (χ2v) is 11.9. The number of nitrogens with one attached hydrogen (secondary N) is 1. The fraction of sp³-hybridized carbons (Fsp3) is 0.469. The second-order valence-electron chi connectivity index (χ2n) is 11.5. The smallest absolute Gasteiger partial charge is 0.320 e. The molecular formula is C32H38ClFN4O5. The number of nitrogens with zero attached hydrogens (tertiary/aromatic N) is 3. The third-order valence-electron chi connectivity index (χ3n) is 8.37. The van der Waals surface area contributed by atoms with E-state index >= 15 is 4.39 Å². The third-order valence-corrected chi connectivity index (χ3v) is 8.60. The number of rotatable bonds is 9. The monoisotopic (exact) mass is 612 g/mol. The predicted molar refractivity (Wildman–Crippen MR) is 165 cm³/mol. The standard InChI is InChI=1S/C32H38ClFN4O5/c1-6-43-27(39)17-37-19(3)14-36(15-20(37)4)29-26(34)12-24-28(31(29)42-5)38(23-9-10-23)16-25(30(24)40)32(41)35-13-21-7-8-22(33)11-18(21)2/h7-8,11-12,16,19-20,23H,6,9-10,13-15,17H2,1-5H3,(H,35,41)/t19-,20+. The van der Waals surface area contributed by atoms with Crippen molar-refractivity contribution in [2.45, 2.75) is 65.2 Å². The first-order valence-electron chi connectivity index (χ1n) is 14.7. The number of methoxy groups -OCH3 is 1. The Bertz CT molecular complexity index is 1610. The Morgan fingerprint density at radius 3 is 2.44 bits per heavy atom. The highest BCUT2D eigenvalue weighted by atomic mass is 35.5. The van der Waals surface area contributed by atoms with Crippen molar-refractivity contribution in [2.75, 3.05) is 38.3 Å². The van der Waals surface area contributed by atoms with Crippen LogP contribution in [0.1, 0.15) is 61.1 Å². The molecular weight excluding hydrogens is 575 g/mol. The lowest BCUT2D eigenvalue weighted by atomic mass is 10.0. The zero-order valence-corrected chi connectivity index (χ0v) is 26.0. The molecule has 2 heterocycles. The molecule has 43 heavy (non-hydrogen) atoms. The van der Waals surface area contributed by atoms with Crippen LogP contribution in [0.4, 0.5) is 10.1 Å². The molecule has 1 amide bonds. The molecule has 0 spiro atoms. The van der Waals surface area contributed by atoms with Crippen molar-refractivity contribution in [3.05, 3.63) is 68.2 Å².